The van der Waals surface area contributed by atoms with Crippen LogP contribution in [0, 0.1) is 12.3 Å². The molecule has 2 aromatic rings. The summed E-state index contributed by atoms with van der Waals surface area (Å²) < 4.78 is 5.74. The summed E-state index contributed by atoms with van der Waals surface area (Å²) in [7, 11) is 0. The third-order valence-corrected chi connectivity index (χ3v) is 3.51. The van der Waals surface area contributed by atoms with E-state index in [-0.39, 0.29) is 5.84 Å². The Labute approximate surface area is 126 Å². The van der Waals surface area contributed by atoms with Gasteiger partial charge in [-0.15, -0.1) is 0 Å². The van der Waals surface area contributed by atoms with Gasteiger partial charge in [0.2, 0.25) is 0 Å². The summed E-state index contributed by atoms with van der Waals surface area (Å²) in [4.78, 5) is 0. The van der Waals surface area contributed by atoms with Gasteiger partial charge in [-0.25, -0.2) is 0 Å². The van der Waals surface area contributed by atoms with E-state index in [2.05, 4.69) is 24.3 Å². The molecule has 2 aromatic carbocycles. The fourth-order valence-electron chi connectivity index (χ4n) is 2.23. The lowest BCUT2D eigenvalue weighted by atomic mass is 10.1. The van der Waals surface area contributed by atoms with Crippen LogP contribution in [0.1, 0.15) is 28.7 Å². The number of nitrogens with two attached hydrogens (primary N) is 1. The summed E-state index contributed by atoms with van der Waals surface area (Å²) >= 11 is 0. The number of nitrogens with one attached hydrogen (secondary N) is 1. The third-order valence-electron chi connectivity index (χ3n) is 3.51. The molecule has 0 saturated heterocycles. The summed E-state index contributed by atoms with van der Waals surface area (Å²) in [6.45, 7) is 3.39. The largest absolute Gasteiger partial charge is 0.384 e. The van der Waals surface area contributed by atoms with Gasteiger partial charge >= 0.3 is 0 Å². The van der Waals surface area contributed by atoms with Crippen molar-refractivity contribution in [3.63, 3.8) is 0 Å². The summed E-state index contributed by atoms with van der Waals surface area (Å²) in [6, 6.07) is 16.3. The molecule has 0 heterocycles. The second-order valence-electron chi connectivity index (χ2n) is 5.20. The SMILES string of the molecule is Cc1cc(C(=N)N)ccc1COCCCc1ccccc1. The van der Waals surface area contributed by atoms with Crippen molar-refractivity contribution in [2.45, 2.75) is 26.4 Å². The molecule has 0 aliphatic rings. The highest BCUT2D eigenvalue weighted by atomic mass is 16.5. The molecule has 3 heteroatoms. The molecule has 0 bridgehead atoms. The van der Waals surface area contributed by atoms with Gasteiger partial charge in [0.15, 0.2) is 0 Å². The molecule has 3 nitrogen and oxygen atoms in total. The summed E-state index contributed by atoms with van der Waals surface area (Å²) in [5.41, 5.74) is 9.86. The van der Waals surface area contributed by atoms with E-state index in [1.54, 1.807) is 0 Å². The Hall–Kier alpha value is -2.13. The van der Waals surface area contributed by atoms with Crippen molar-refractivity contribution in [1.82, 2.24) is 0 Å². The van der Waals surface area contributed by atoms with Gasteiger partial charge < -0.3 is 10.5 Å². The van der Waals surface area contributed by atoms with Gasteiger partial charge in [0.1, 0.15) is 5.84 Å². The molecule has 0 spiro atoms. The van der Waals surface area contributed by atoms with Crippen molar-refractivity contribution < 1.29 is 4.74 Å². The van der Waals surface area contributed by atoms with Crippen LogP contribution in [0.5, 0.6) is 0 Å². The second kappa shape index (κ2) is 7.60. The molecule has 0 radical (unpaired) electrons. The third kappa shape index (κ3) is 4.72. The first kappa shape index (κ1) is 15.3. The van der Waals surface area contributed by atoms with Crippen LogP contribution >= 0.6 is 0 Å². The van der Waals surface area contributed by atoms with Crippen molar-refractivity contribution >= 4 is 5.84 Å². The molecule has 21 heavy (non-hydrogen) atoms. The number of amidine groups is 1. The van der Waals surface area contributed by atoms with Gasteiger partial charge in [0.05, 0.1) is 6.61 Å². The van der Waals surface area contributed by atoms with Gasteiger partial charge in [-0.2, -0.15) is 0 Å². The number of benzene rings is 2. The van der Waals surface area contributed by atoms with E-state index in [0.29, 0.717) is 6.61 Å². The average molecular weight is 282 g/mol. The molecule has 0 atom stereocenters. The minimum absolute atomic E-state index is 0.105. The molecule has 0 unspecified atom stereocenters. The minimum atomic E-state index is 0.105. The van der Waals surface area contributed by atoms with Crippen molar-refractivity contribution in [1.29, 1.82) is 5.41 Å². The van der Waals surface area contributed by atoms with Crippen molar-refractivity contribution in [3.05, 3.63) is 70.8 Å². The molecular formula is C18H22N2O. The van der Waals surface area contributed by atoms with Crippen LogP contribution in [0.3, 0.4) is 0 Å². The van der Waals surface area contributed by atoms with Crippen LogP contribution < -0.4 is 5.73 Å². The first-order chi connectivity index (χ1) is 10.2. The maximum atomic E-state index is 7.42. The number of rotatable bonds is 7. The van der Waals surface area contributed by atoms with Crippen LogP contribution in [0.4, 0.5) is 0 Å². The maximum Gasteiger partial charge on any atom is 0.122 e. The number of ether oxygens (including phenoxy) is 1. The minimum Gasteiger partial charge on any atom is -0.384 e. The lowest BCUT2D eigenvalue weighted by molar-refractivity contribution is 0.118. The molecule has 2 rings (SSSR count). The van der Waals surface area contributed by atoms with E-state index in [1.165, 1.54) is 5.56 Å². The topological polar surface area (TPSA) is 59.1 Å². The Kier molecular flexibility index (Phi) is 5.52. The molecule has 3 N–H and O–H groups in total. The highest BCUT2D eigenvalue weighted by Gasteiger charge is 2.02. The predicted molar refractivity (Wildman–Crippen MR) is 86.6 cm³/mol. The van der Waals surface area contributed by atoms with Crippen LogP contribution in [0.15, 0.2) is 48.5 Å². The normalized spacial score (nSPS) is 10.5. The number of nitrogen functional groups attached to an aromatic ring is 1. The Morgan fingerprint density at radius 3 is 2.57 bits per heavy atom. The Morgan fingerprint density at radius 2 is 1.90 bits per heavy atom. The van der Waals surface area contributed by atoms with E-state index in [4.69, 9.17) is 15.9 Å². The van der Waals surface area contributed by atoms with Crippen molar-refractivity contribution in [2.75, 3.05) is 6.61 Å². The Balaban J connectivity index is 1.75. The highest BCUT2D eigenvalue weighted by molar-refractivity contribution is 5.95. The average Bonchev–Trinajstić information content (AvgIpc) is 2.49. The zero-order valence-electron chi connectivity index (χ0n) is 12.4. The lowest BCUT2D eigenvalue weighted by Gasteiger charge is -2.09. The standard InChI is InChI=1S/C18H22N2O/c1-14-12-16(18(19)20)9-10-17(14)13-21-11-5-8-15-6-3-2-4-7-15/h2-4,6-7,9-10,12H,5,8,11,13H2,1H3,(H3,19,20). The number of aryl methyl sites for hydroxylation is 2. The molecule has 0 aliphatic carbocycles. The van der Waals surface area contributed by atoms with E-state index < -0.39 is 0 Å². The summed E-state index contributed by atoms with van der Waals surface area (Å²) in [5, 5.41) is 7.42. The molecule has 110 valence electrons. The van der Waals surface area contributed by atoms with Gasteiger partial charge in [0.25, 0.3) is 0 Å². The Bertz CT molecular complexity index is 593. The van der Waals surface area contributed by atoms with Crippen molar-refractivity contribution in [3.8, 4) is 0 Å². The predicted octanol–water partition coefficient (Wildman–Crippen LogP) is 3.43. The van der Waals surface area contributed by atoms with E-state index >= 15 is 0 Å². The smallest absolute Gasteiger partial charge is 0.122 e. The molecule has 0 aliphatic heterocycles. The van der Waals surface area contributed by atoms with Crippen LogP contribution in [-0.4, -0.2) is 12.4 Å². The summed E-state index contributed by atoms with van der Waals surface area (Å²) in [5.74, 6) is 0.105. The van der Waals surface area contributed by atoms with Crippen LogP contribution in [-0.2, 0) is 17.8 Å². The van der Waals surface area contributed by atoms with E-state index in [0.717, 1.165) is 36.1 Å². The quantitative estimate of drug-likeness (QED) is 0.464. The molecule has 0 saturated carbocycles. The number of hydrogen-bond donors (Lipinski definition) is 2. The Morgan fingerprint density at radius 1 is 1.14 bits per heavy atom. The fraction of sp³-hybridized carbons (Fsp3) is 0.278. The lowest BCUT2D eigenvalue weighted by Crippen LogP contribution is -2.11. The molecule has 0 amide bonds. The summed E-state index contributed by atoms with van der Waals surface area (Å²) in [6.07, 6.45) is 2.07. The maximum absolute atomic E-state index is 7.42. The molecular weight excluding hydrogens is 260 g/mol. The second-order valence-corrected chi connectivity index (χ2v) is 5.20. The highest BCUT2D eigenvalue weighted by Crippen LogP contribution is 2.12. The first-order valence-corrected chi connectivity index (χ1v) is 7.22. The fourth-order valence-corrected chi connectivity index (χ4v) is 2.23. The van der Waals surface area contributed by atoms with Crippen LogP contribution in [0.2, 0.25) is 0 Å². The van der Waals surface area contributed by atoms with Gasteiger partial charge in [0, 0.05) is 12.2 Å². The van der Waals surface area contributed by atoms with E-state index in [9.17, 15) is 0 Å². The van der Waals surface area contributed by atoms with Crippen LogP contribution in [0.25, 0.3) is 0 Å². The van der Waals surface area contributed by atoms with Gasteiger partial charge in [-0.3, -0.25) is 5.41 Å². The zero-order valence-corrected chi connectivity index (χ0v) is 12.4. The molecule has 0 fully saturated rings. The monoisotopic (exact) mass is 282 g/mol. The van der Waals surface area contributed by atoms with Gasteiger partial charge in [-0.05, 0) is 42.5 Å². The van der Waals surface area contributed by atoms with E-state index in [1.807, 2.05) is 31.2 Å². The van der Waals surface area contributed by atoms with Gasteiger partial charge in [-0.1, -0.05) is 42.5 Å². The number of hydrogen-bond acceptors (Lipinski definition) is 2. The zero-order chi connectivity index (χ0) is 15.1. The molecule has 0 aromatic heterocycles. The van der Waals surface area contributed by atoms with Crippen molar-refractivity contribution in [2.24, 2.45) is 5.73 Å². The first-order valence-electron chi connectivity index (χ1n) is 7.22.